The summed E-state index contributed by atoms with van der Waals surface area (Å²) in [5, 5.41) is 9.32. The molecule has 7 heteroatoms. The van der Waals surface area contributed by atoms with Crippen LogP contribution in [0.25, 0.3) is 16.5 Å². The van der Waals surface area contributed by atoms with Crippen molar-refractivity contribution in [3.05, 3.63) is 127 Å². The molecule has 1 amide bonds. The zero-order chi connectivity index (χ0) is 25.9. The van der Waals surface area contributed by atoms with Gasteiger partial charge >= 0.3 is 0 Å². The summed E-state index contributed by atoms with van der Waals surface area (Å²) in [6.45, 7) is 0.469. The highest BCUT2D eigenvalue weighted by Crippen LogP contribution is 2.39. The van der Waals surface area contributed by atoms with Crippen LogP contribution in [0.5, 0.6) is 0 Å². The Balaban J connectivity index is 1.28. The molecule has 1 aliphatic rings. The number of carbonyl (C=O) groups excluding carboxylic acids is 1. The maximum absolute atomic E-state index is 13.1. The highest BCUT2D eigenvalue weighted by atomic mass is 32.1. The van der Waals surface area contributed by atoms with Crippen LogP contribution in [0.4, 0.5) is 5.69 Å². The lowest BCUT2D eigenvalue weighted by Crippen LogP contribution is -2.33. The Kier molecular flexibility index (Phi) is 6.58. The highest BCUT2D eigenvalue weighted by molar-refractivity contribution is 7.80. The van der Waals surface area contributed by atoms with Crippen molar-refractivity contribution in [2.45, 2.75) is 18.5 Å². The Morgan fingerprint density at radius 1 is 0.895 bits per heavy atom. The van der Waals surface area contributed by atoms with E-state index in [1.807, 2.05) is 84.9 Å². The largest absolute Gasteiger partial charge is 0.352 e. The number of fused-ring (bicyclic) bond motifs is 1. The number of nitrogens with one attached hydrogen (secondary N) is 2. The number of thiocarbonyl (C=S) groups is 1. The topological polar surface area (TPSA) is 62.2 Å². The molecule has 1 aliphatic heterocycles. The molecule has 1 fully saturated rings. The fourth-order valence-corrected chi connectivity index (χ4v) is 5.53. The molecule has 2 atom stereocenters. The third-order valence-electron chi connectivity index (χ3n) is 6.96. The number of para-hydroxylation sites is 1. The molecule has 3 aromatic carbocycles. The van der Waals surface area contributed by atoms with E-state index in [0.29, 0.717) is 18.1 Å². The Morgan fingerprint density at radius 3 is 2.53 bits per heavy atom. The standard InChI is InChI=1S/C31H27N5OS/c37-28(33-25-16-8-11-22-10-4-5-14-24(22)25)18-21-36-30(29(34-31(36)38)26-15-6-7-19-32-26)27-17-9-20-35(27)23-12-2-1-3-13-23/h1-17,19-20,29-30H,18,21H2,(H,33,37)(H,34,38)/t29-,30+/m1/s1. The summed E-state index contributed by atoms with van der Waals surface area (Å²) >= 11 is 5.82. The van der Waals surface area contributed by atoms with Gasteiger partial charge in [0, 0.05) is 47.8 Å². The van der Waals surface area contributed by atoms with Crippen molar-refractivity contribution >= 4 is 39.7 Å². The van der Waals surface area contributed by atoms with Crippen molar-refractivity contribution in [3.8, 4) is 5.69 Å². The number of aromatic nitrogens is 2. The van der Waals surface area contributed by atoms with Gasteiger partial charge < -0.3 is 20.1 Å². The van der Waals surface area contributed by atoms with Gasteiger partial charge in [-0.3, -0.25) is 9.78 Å². The maximum atomic E-state index is 13.1. The van der Waals surface area contributed by atoms with E-state index in [1.165, 1.54) is 0 Å². The first-order valence-electron chi connectivity index (χ1n) is 12.7. The Morgan fingerprint density at radius 2 is 1.68 bits per heavy atom. The summed E-state index contributed by atoms with van der Waals surface area (Å²) in [6.07, 6.45) is 4.16. The van der Waals surface area contributed by atoms with Gasteiger partial charge in [-0.15, -0.1) is 0 Å². The molecule has 6 nitrogen and oxygen atoms in total. The minimum atomic E-state index is -0.151. The molecule has 5 aromatic rings. The van der Waals surface area contributed by atoms with E-state index in [-0.39, 0.29) is 18.0 Å². The maximum Gasteiger partial charge on any atom is 0.226 e. The van der Waals surface area contributed by atoms with Gasteiger partial charge in [-0.2, -0.15) is 0 Å². The van der Waals surface area contributed by atoms with Crippen molar-refractivity contribution in [2.75, 3.05) is 11.9 Å². The van der Waals surface area contributed by atoms with Crippen LogP contribution in [0, 0.1) is 0 Å². The summed E-state index contributed by atoms with van der Waals surface area (Å²) in [6, 6.07) is 34.0. The molecule has 2 aromatic heterocycles. The molecule has 188 valence electrons. The zero-order valence-corrected chi connectivity index (χ0v) is 21.5. The number of carbonyl (C=O) groups is 1. The van der Waals surface area contributed by atoms with Crippen LogP contribution in [0.2, 0.25) is 0 Å². The molecule has 0 saturated carbocycles. The van der Waals surface area contributed by atoms with Crippen LogP contribution in [0.3, 0.4) is 0 Å². The molecule has 38 heavy (non-hydrogen) atoms. The second-order valence-electron chi connectivity index (χ2n) is 9.28. The summed E-state index contributed by atoms with van der Waals surface area (Å²) in [4.78, 5) is 19.9. The molecule has 2 N–H and O–H groups in total. The molecule has 1 saturated heterocycles. The van der Waals surface area contributed by atoms with E-state index in [0.717, 1.165) is 33.5 Å². The second-order valence-corrected chi connectivity index (χ2v) is 9.67. The van der Waals surface area contributed by atoms with Crippen LogP contribution in [-0.2, 0) is 4.79 Å². The number of benzene rings is 3. The molecule has 0 aliphatic carbocycles. The first-order chi connectivity index (χ1) is 18.7. The summed E-state index contributed by atoms with van der Waals surface area (Å²) in [7, 11) is 0. The Bertz CT molecular complexity index is 1580. The lowest BCUT2D eigenvalue weighted by molar-refractivity contribution is -0.116. The molecule has 0 unspecified atom stereocenters. The number of amides is 1. The minimum Gasteiger partial charge on any atom is -0.352 e. The third-order valence-corrected chi connectivity index (χ3v) is 7.31. The van der Waals surface area contributed by atoms with Gasteiger partial charge in [0.05, 0.1) is 17.8 Å². The molecule has 0 spiro atoms. The first-order valence-corrected chi connectivity index (χ1v) is 13.1. The van der Waals surface area contributed by atoms with Crippen LogP contribution < -0.4 is 10.6 Å². The first kappa shape index (κ1) is 23.9. The number of anilines is 1. The third kappa shape index (κ3) is 4.64. The second kappa shape index (κ2) is 10.5. The van der Waals surface area contributed by atoms with Crippen molar-refractivity contribution in [2.24, 2.45) is 0 Å². The van der Waals surface area contributed by atoms with E-state index in [4.69, 9.17) is 12.2 Å². The lowest BCUT2D eigenvalue weighted by Gasteiger charge is -2.29. The number of nitrogens with zero attached hydrogens (tertiary/aromatic N) is 3. The zero-order valence-electron chi connectivity index (χ0n) is 20.7. The number of pyridine rings is 1. The summed E-state index contributed by atoms with van der Waals surface area (Å²) in [5.74, 6) is -0.0531. The SMILES string of the molecule is O=C(CCN1C(=S)N[C@H](c2ccccn2)[C@@H]1c1cccn1-c1ccccc1)Nc1cccc2ccccc12. The Labute approximate surface area is 226 Å². The van der Waals surface area contributed by atoms with Gasteiger partial charge in [-0.05, 0) is 60.1 Å². The normalized spacial score (nSPS) is 16.9. The average Bonchev–Trinajstić information content (AvgIpc) is 3.57. The summed E-state index contributed by atoms with van der Waals surface area (Å²) < 4.78 is 2.18. The van der Waals surface area contributed by atoms with E-state index < -0.39 is 0 Å². The molecular formula is C31H27N5OS. The van der Waals surface area contributed by atoms with Gasteiger partial charge in [-0.25, -0.2) is 0 Å². The Hall–Kier alpha value is -4.49. The van der Waals surface area contributed by atoms with Crippen molar-refractivity contribution in [3.63, 3.8) is 0 Å². The van der Waals surface area contributed by atoms with E-state index >= 15 is 0 Å². The van der Waals surface area contributed by atoms with E-state index in [1.54, 1.807) is 6.20 Å². The van der Waals surface area contributed by atoms with Crippen molar-refractivity contribution < 1.29 is 4.79 Å². The molecule has 0 radical (unpaired) electrons. The molecule has 0 bridgehead atoms. The van der Waals surface area contributed by atoms with E-state index in [2.05, 4.69) is 49.5 Å². The fourth-order valence-electron chi connectivity index (χ4n) is 5.20. The fraction of sp³-hybridized carbons (Fsp3) is 0.129. The molecular weight excluding hydrogens is 490 g/mol. The smallest absolute Gasteiger partial charge is 0.226 e. The van der Waals surface area contributed by atoms with Crippen LogP contribution in [0.1, 0.15) is 29.9 Å². The van der Waals surface area contributed by atoms with Crippen LogP contribution in [0.15, 0.2) is 116 Å². The van der Waals surface area contributed by atoms with Gasteiger partial charge in [0.2, 0.25) is 5.91 Å². The van der Waals surface area contributed by atoms with Gasteiger partial charge in [0.25, 0.3) is 0 Å². The number of hydrogen-bond acceptors (Lipinski definition) is 3. The average molecular weight is 518 g/mol. The number of hydrogen-bond donors (Lipinski definition) is 2. The quantitative estimate of drug-likeness (QED) is 0.258. The van der Waals surface area contributed by atoms with Gasteiger partial charge in [0.1, 0.15) is 0 Å². The predicted molar refractivity (Wildman–Crippen MR) is 155 cm³/mol. The van der Waals surface area contributed by atoms with Crippen LogP contribution in [-0.4, -0.2) is 32.0 Å². The molecule has 6 rings (SSSR count). The van der Waals surface area contributed by atoms with Gasteiger partial charge in [-0.1, -0.05) is 60.7 Å². The summed E-state index contributed by atoms with van der Waals surface area (Å²) in [5.41, 5.74) is 3.87. The number of rotatable bonds is 7. The van der Waals surface area contributed by atoms with Crippen molar-refractivity contribution in [1.82, 2.24) is 19.8 Å². The van der Waals surface area contributed by atoms with Gasteiger partial charge in [0.15, 0.2) is 5.11 Å². The van der Waals surface area contributed by atoms with Crippen molar-refractivity contribution in [1.29, 1.82) is 0 Å². The molecule has 3 heterocycles. The van der Waals surface area contributed by atoms with E-state index in [9.17, 15) is 4.79 Å². The minimum absolute atomic E-state index is 0.0531. The lowest BCUT2D eigenvalue weighted by atomic mass is 10.0. The van der Waals surface area contributed by atoms with Crippen LogP contribution >= 0.6 is 12.2 Å². The predicted octanol–water partition coefficient (Wildman–Crippen LogP) is 6.03. The highest BCUT2D eigenvalue weighted by Gasteiger charge is 2.41. The monoisotopic (exact) mass is 517 g/mol.